The third-order valence-corrected chi connectivity index (χ3v) is 5.88. The van der Waals surface area contributed by atoms with Crippen molar-refractivity contribution in [2.45, 2.75) is 25.7 Å². The van der Waals surface area contributed by atoms with Crippen LogP contribution >= 0.6 is 15.9 Å². The van der Waals surface area contributed by atoms with Gasteiger partial charge in [-0.25, -0.2) is 0 Å². The molecule has 2 amide bonds. The highest BCUT2D eigenvalue weighted by atomic mass is 79.9. The number of halogens is 1. The predicted molar refractivity (Wildman–Crippen MR) is 101 cm³/mol. The molecule has 2 fully saturated rings. The molecule has 25 heavy (non-hydrogen) atoms. The van der Waals surface area contributed by atoms with Gasteiger partial charge < -0.3 is 9.80 Å². The van der Waals surface area contributed by atoms with Crippen molar-refractivity contribution in [1.29, 1.82) is 0 Å². The van der Waals surface area contributed by atoms with E-state index in [1.807, 2.05) is 28.0 Å². The number of aryl methyl sites for hydroxylation is 1. The van der Waals surface area contributed by atoms with E-state index in [4.69, 9.17) is 0 Å². The van der Waals surface area contributed by atoms with Crippen LogP contribution < -0.4 is 0 Å². The summed E-state index contributed by atoms with van der Waals surface area (Å²) >= 11 is 3.53. The summed E-state index contributed by atoms with van der Waals surface area (Å²) in [5, 5.41) is 0. The van der Waals surface area contributed by atoms with Gasteiger partial charge in [0.25, 0.3) is 0 Å². The second-order valence-electron chi connectivity index (χ2n) is 6.84. The average Bonchev–Trinajstić information content (AvgIpc) is 3.16. The smallest absolute Gasteiger partial charge is 0.236 e. The number of hydrogen-bond acceptors (Lipinski definition) is 3. The molecule has 2 aliphatic heterocycles. The van der Waals surface area contributed by atoms with Gasteiger partial charge in [-0.3, -0.25) is 14.5 Å². The number of amides is 2. The number of carbonyl (C=O) groups excluding carboxylic acids is 2. The zero-order valence-corrected chi connectivity index (χ0v) is 16.2. The molecule has 5 nitrogen and oxygen atoms in total. The van der Waals surface area contributed by atoms with E-state index < -0.39 is 0 Å². The van der Waals surface area contributed by atoms with Crippen LogP contribution in [-0.4, -0.2) is 72.3 Å². The summed E-state index contributed by atoms with van der Waals surface area (Å²) in [7, 11) is 0. The van der Waals surface area contributed by atoms with Crippen LogP contribution in [0.2, 0.25) is 0 Å². The fourth-order valence-corrected chi connectivity index (χ4v) is 4.00. The van der Waals surface area contributed by atoms with Crippen molar-refractivity contribution in [2.24, 2.45) is 0 Å². The quantitative estimate of drug-likeness (QED) is 0.750. The molecule has 1 aromatic carbocycles. The maximum Gasteiger partial charge on any atom is 0.236 e. The Hall–Kier alpha value is -1.40. The lowest BCUT2D eigenvalue weighted by molar-refractivity contribution is -0.134. The van der Waals surface area contributed by atoms with Crippen LogP contribution in [0.5, 0.6) is 0 Å². The van der Waals surface area contributed by atoms with Crippen molar-refractivity contribution in [3.63, 3.8) is 0 Å². The number of carbonyl (C=O) groups is 2. The Morgan fingerprint density at radius 1 is 0.880 bits per heavy atom. The lowest BCUT2D eigenvalue weighted by atomic mass is 10.1. The van der Waals surface area contributed by atoms with Crippen molar-refractivity contribution in [1.82, 2.24) is 14.7 Å². The molecule has 0 N–H and O–H groups in total. The first kappa shape index (κ1) is 18.4. The number of rotatable bonds is 5. The van der Waals surface area contributed by atoms with E-state index in [1.54, 1.807) is 0 Å². The van der Waals surface area contributed by atoms with E-state index >= 15 is 0 Å². The molecule has 2 aliphatic rings. The molecule has 0 radical (unpaired) electrons. The fourth-order valence-electron chi connectivity index (χ4n) is 3.51. The second kappa shape index (κ2) is 8.81. The maximum atomic E-state index is 12.4. The van der Waals surface area contributed by atoms with E-state index in [0.717, 1.165) is 63.0 Å². The minimum atomic E-state index is 0.210. The molecule has 0 aromatic heterocycles. The Morgan fingerprint density at radius 2 is 1.52 bits per heavy atom. The minimum Gasteiger partial charge on any atom is -0.342 e. The van der Waals surface area contributed by atoms with Crippen LogP contribution in [0.3, 0.4) is 0 Å². The number of piperazine rings is 1. The molecule has 2 saturated heterocycles. The monoisotopic (exact) mass is 407 g/mol. The topological polar surface area (TPSA) is 43.9 Å². The normalized spacial score (nSPS) is 18.6. The van der Waals surface area contributed by atoms with Crippen LogP contribution in [0.15, 0.2) is 28.7 Å². The van der Waals surface area contributed by atoms with E-state index in [0.29, 0.717) is 13.0 Å². The van der Waals surface area contributed by atoms with Crippen molar-refractivity contribution in [3.8, 4) is 0 Å². The second-order valence-corrected chi connectivity index (χ2v) is 7.69. The molecule has 1 aromatic rings. The molecule has 2 heterocycles. The first-order valence-electron chi connectivity index (χ1n) is 9.15. The van der Waals surface area contributed by atoms with Crippen molar-refractivity contribution in [3.05, 3.63) is 34.3 Å². The Balaban J connectivity index is 1.40. The molecule has 0 bridgehead atoms. The summed E-state index contributed by atoms with van der Waals surface area (Å²) in [5.41, 5.74) is 1.17. The van der Waals surface area contributed by atoms with E-state index in [-0.39, 0.29) is 11.8 Å². The highest BCUT2D eigenvalue weighted by molar-refractivity contribution is 9.10. The van der Waals surface area contributed by atoms with Crippen molar-refractivity contribution >= 4 is 27.7 Å². The Kier molecular flexibility index (Phi) is 6.48. The highest BCUT2D eigenvalue weighted by Gasteiger charge is 2.25. The number of hydrogen-bond donors (Lipinski definition) is 0. The number of nitrogens with zero attached hydrogens (tertiary/aromatic N) is 3. The van der Waals surface area contributed by atoms with Gasteiger partial charge in [-0.05, 0) is 30.9 Å². The summed E-state index contributed by atoms with van der Waals surface area (Å²) in [5.74, 6) is 0.451. The van der Waals surface area contributed by atoms with E-state index in [2.05, 4.69) is 26.9 Å². The third-order valence-electron chi connectivity index (χ3n) is 5.11. The molecule has 3 rings (SSSR count). The van der Waals surface area contributed by atoms with Crippen LogP contribution in [0.4, 0.5) is 0 Å². The molecule has 0 unspecified atom stereocenters. The molecule has 0 aliphatic carbocycles. The lowest BCUT2D eigenvalue weighted by Gasteiger charge is -2.35. The van der Waals surface area contributed by atoms with Gasteiger partial charge in [-0.15, -0.1) is 0 Å². The average molecular weight is 408 g/mol. The van der Waals surface area contributed by atoms with Crippen LogP contribution in [0.25, 0.3) is 0 Å². The van der Waals surface area contributed by atoms with Gasteiger partial charge in [0.1, 0.15) is 0 Å². The van der Waals surface area contributed by atoms with E-state index in [1.165, 1.54) is 5.56 Å². The van der Waals surface area contributed by atoms with Gasteiger partial charge in [0.15, 0.2) is 0 Å². The predicted octanol–water partition coefficient (Wildman–Crippen LogP) is 2.15. The Bertz CT molecular complexity index is 608. The third kappa shape index (κ3) is 5.05. The number of benzene rings is 1. The van der Waals surface area contributed by atoms with Crippen LogP contribution in [0.1, 0.15) is 24.8 Å². The summed E-state index contributed by atoms with van der Waals surface area (Å²) in [4.78, 5) is 30.7. The molecular weight excluding hydrogens is 382 g/mol. The first-order chi connectivity index (χ1) is 12.1. The van der Waals surface area contributed by atoms with Gasteiger partial charge in [-0.2, -0.15) is 0 Å². The SMILES string of the molecule is O=C(CCc1ccccc1Br)N1CCN(CC(=O)N2CCCC2)CC1. The maximum absolute atomic E-state index is 12.4. The van der Waals surface area contributed by atoms with Gasteiger partial charge in [0, 0.05) is 50.2 Å². The van der Waals surface area contributed by atoms with Crippen LogP contribution in [0, 0.1) is 0 Å². The fraction of sp³-hybridized carbons (Fsp3) is 0.579. The summed E-state index contributed by atoms with van der Waals surface area (Å²) < 4.78 is 1.06. The lowest BCUT2D eigenvalue weighted by Crippen LogP contribution is -2.51. The van der Waals surface area contributed by atoms with E-state index in [9.17, 15) is 9.59 Å². The summed E-state index contributed by atoms with van der Waals surface area (Å²) in [6.45, 7) is 5.35. The Labute approximate surface area is 158 Å². The van der Waals surface area contributed by atoms with Crippen molar-refractivity contribution < 1.29 is 9.59 Å². The standard InChI is InChI=1S/C19H26BrN3O2/c20-17-6-2-1-5-16(17)7-8-18(24)23-13-11-21(12-14-23)15-19(25)22-9-3-4-10-22/h1-2,5-6H,3-4,7-15H2. The number of likely N-dealkylation sites (tertiary alicyclic amines) is 1. The molecular formula is C19H26BrN3O2. The summed E-state index contributed by atoms with van der Waals surface area (Å²) in [6, 6.07) is 8.05. The zero-order valence-electron chi connectivity index (χ0n) is 14.6. The molecule has 0 spiro atoms. The molecule has 6 heteroatoms. The van der Waals surface area contributed by atoms with Gasteiger partial charge in [-0.1, -0.05) is 34.1 Å². The molecule has 136 valence electrons. The van der Waals surface area contributed by atoms with Gasteiger partial charge >= 0.3 is 0 Å². The Morgan fingerprint density at radius 3 is 2.20 bits per heavy atom. The molecule has 0 saturated carbocycles. The zero-order chi connectivity index (χ0) is 17.6. The van der Waals surface area contributed by atoms with Gasteiger partial charge in [0.2, 0.25) is 11.8 Å². The first-order valence-corrected chi connectivity index (χ1v) is 9.94. The van der Waals surface area contributed by atoms with Crippen LogP contribution in [-0.2, 0) is 16.0 Å². The van der Waals surface area contributed by atoms with Crippen molar-refractivity contribution in [2.75, 3.05) is 45.8 Å². The largest absolute Gasteiger partial charge is 0.342 e. The summed E-state index contributed by atoms with van der Waals surface area (Å²) in [6.07, 6.45) is 3.56. The highest BCUT2D eigenvalue weighted by Crippen LogP contribution is 2.18. The minimum absolute atomic E-state index is 0.210. The van der Waals surface area contributed by atoms with Gasteiger partial charge in [0.05, 0.1) is 6.54 Å². The molecule has 0 atom stereocenters.